The van der Waals surface area contributed by atoms with Crippen molar-refractivity contribution in [1.29, 1.82) is 0 Å². The van der Waals surface area contributed by atoms with Gasteiger partial charge in [0.2, 0.25) is 5.88 Å². The van der Waals surface area contributed by atoms with Crippen molar-refractivity contribution in [3.05, 3.63) is 17.8 Å². The Hall–Kier alpha value is -1.29. The van der Waals surface area contributed by atoms with Crippen molar-refractivity contribution in [1.82, 2.24) is 4.98 Å². The first-order chi connectivity index (χ1) is 5.26. The summed E-state index contributed by atoms with van der Waals surface area (Å²) in [5, 5.41) is 0. The third-order valence-corrected chi connectivity index (χ3v) is 1.31. The van der Waals surface area contributed by atoms with Crippen LogP contribution in [0.3, 0.4) is 0 Å². The maximum Gasteiger partial charge on any atom is 0.215 e. The van der Waals surface area contributed by atoms with E-state index in [1.165, 1.54) is 0 Å². The van der Waals surface area contributed by atoms with Crippen LogP contribution in [-0.4, -0.2) is 12.1 Å². The molecule has 0 bridgehead atoms. The summed E-state index contributed by atoms with van der Waals surface area (Å²) in [4.78, 5) is 4.08. The van der Waals surface area contributed by atoms with E-state index in [0.717, 1.165) is 11.4 Å². The molecule has 11 heavy (non-hydrogen) atoms. The van der Waals surface area contributed by atoms with Crippen molar-refractivity contribution >= 4 is 5.69 Å². The number of hydrogen-bond donors (Lipinski definition) is 2. The fraction of sp³-hybridized carbons (Fsp3) is 0.286. The minimum Gasteiger partial charge on any atom is -0.481 e. The molecule has 4 heteroatoms. The highest BCUT2D eigenvalue weighted by atomic mass is 16.5. The third-order valence-electron chi connectivity index (χ3n) is 1.31. The number of ether oxygens (including phenoxy) is 1. The van der Waals surface area contributed by atoms with Gasteiger partial charge in [0, 0.05) is 11.8 Å². The number of nitrogens with one attached hydrogen (secondary N) is 1. The lowest BCUT2D eigenvalue weighted by Gasteiger charge is -2.03. The van der Waals surface area contributed by atoms with Crippen LogP contribution in [0.25, 0.3) is 0 Å². The minimum absolute atomic E-state index is 0.568. The van der Waals surface area contributed by atoms with E-state index in [2.05, 4.69) is 10.4 Å². The number of aryl methyl sites for hydroxylation is 1. The summed E-state index contributed by atoms with van der Waals surface area (Å²) in [6.07, 6.45) is 0. The number of pyridine rings is 1. The monoisotopic (exact) mass is 153 g/mol. The highest BCUT2D eigenvalue weighted by Gasteiger charge is 1.96. The van der Waals surface area contributed by atoms with E-state index in [1.54, 1.807) is 13.2 Å². The predicted octanol–water partition coefficient (Wildman–Crippen LogP) is 0.684. The molecule has 1 aromatic heterocycles. The lowest BCUT2D eigenvalue weighted by atomic mass is 10.3. The maximum atomic E-state index is 5.21. The third kappa shape index (κ3) is 1.81. The van der Waals surface area contributed by atoms with Crippen LogP contribution >= 0.6 is 0 Å². The van der Waals surface area contributed by atoms with Gasteiger partial charge in [-0.15, -0.1) is 0 Å². The summed E-state index contributed by atoms with van der Waals surface area (Å²) in [6.45, 7) is 1.88. The zero-order valence-corrected chi connectivity index (χ0v) is 6.59. The molecule has 0 atom stereocenters. The van der Waals surface area contributed by atoms with Crippen molar-refractivity contribution in [3.63, 3.8) is 0 Å². The molecule has 1 aromatic rings. The number of hydrazine groups is 1. The first-order valence-electron chi connectivity index (χ1n) is 3.25. The summed E-state index contributed by atoms with van der Waals surface area (Å²) in [7, 11) is 1.57. The standard InChI is InChI=1S/C7H11N3O/c1-5-3-6(10-8)4-7(9-5)11-2/h3-4H,8H2,1-2H3,(H,9,10). The van der Waals surface area contributed by atoms with Gasteiger partial charge < -0.3 is 10.2 Å². The Labute approximate surface area is 65.4 Å². The summed E-state index contributed by atoms with van der Waals surface area (Å²) in [6, 6.07) is 3.56. The topological polar surface area (TPSA) is 60.2 Å². The van der Waals surface area contributed by atoms with Gasteiger partial charge in [-0.05, 0) is 13.0 Å². The molecule has 0 aliphatic heterocycles. The number of aromatic nitrogens is 1. The molecule has 0 radical (unpaired) electrons. The molecule has 0 aliphatic carbocycles. The van der Waals surface area contributed by atoms with Crippen LogP contribution in [-0.2, 0) is 0 Å². The minimum atomic E-state index is 0.568. The number of methoxy groups -OCH3 is 1. The van der Waals surface area contributed by atoms with Gasteiger partial charge in [-0.3, -0.25) is 5.84 Å². The van der Waals surface area contributed by atoms with Gasteiger partial charge in [-0.2, -0.15) is 0 Å². The van der Waals surface area contributed by atoms with E-state index in [-0.39, 0.29) is 0 Å². The van der Waals surface area contributed by atoms with E-state index < -0.39 is 0 Å². The number of nitrogen functional groups attached to an aromatic ring is 1. The molecule has 0 saturated heterocycles. The van der Waals surface area contributed by atoms with E-state index in [1.807, 2.05) is 13.0 Å². The van der Waals surface area contributed by atoms with Crippen LogP contribution in [0, 0.1) is 6.92 Å². The first-order valence-corrected chi connectivity index (χ1v) is 3.25. The molecule has 4 nitrogen and oxygen atoms in total. The number of hydrogen-bond acceptors (Lipinski definition) is 4. The van der Waals surface area contributed by atoms with Crippen molar-refractivity contribution in [2.75, 3.05) is 12.5 Å². The largest absolute Gasteiger partial charge is 0.481 e. The Morgan fingerprint density at radius 2 is 2.27 bits per heavy atom. The van der Waals surface area contributed by atoms with Gasteiger partial charge in [0.25, 0.3) is 0 Å². The van der Waals surface area contributed by atoms with Gasteiger partial charge in [0.05, 0.1) is 12.8 Å². The molecule has 0 aliphatic rings. The molecule has 60 valence electrons. The molecule has 1 heterocycles. The van der Waals surface area contributed by atoms with E-state index in [4.69, 9.17) is 10.6 Å². The number of rotatable bonds is 2. The smallest absolute Gasteiger partial charge is 0.215 e. The van der Waals surface area contributed by atoms with Gasteiger partial charge >= 0.3 is 0 Å². The Morgan fingerprint density at radius 1 is 1.55 bits per heavy atom. The Kier molecular flexibility index (Phi) is 2.28. The molecule has 0 fully saturated rings. The van der Waals surface area contributed by atoms with Gasteiger partial charge in [0.15, 0.2) is 0 Å². The summed E-state index contributed by atoms with van der Waals surface area (Å²) in [5.41, 5.74) is 4.20. The Bertz CT molecular complexity index is 227. The van der Waals surface area contributed by atoms with Crippen molar-refractivity contribution < 1.29 is 4.74 Å². The molecule has 0 saturated carbocycles. The quantitative estimate of drug-likeness (QED) is 0.484. The van der Waals surface area contributed by atoms with E-state index in [9.17, 15) is 0 Å². The van der Waals surface area contributed by atoms with Crippen LogP contribution < -0.4 is 16.0 Å². The van der Waals surface area contributed by atoms with Gasteiger partial charge in [-0.25, -0.2) is 4.98 Å². The Morgan fingerprint density at radius 3 is 2.82 bits per heavy atom. The molecule has 0 aromatic carbocycles. The SMILES string of the molecule is COc1cc(NN)cc(C)n1. The van der Waals surface area contributed by atoms with Crippen LogP contribution in [0.4, 0.5) is 5.69 Å². The van der Waals surface area contributed by atoms with Crippen LogP contribution in [0.1, 0.15) is 5.69 Å². The van der Waals surface area contributed by atoms with Crippen LogP contribution in [0.15, 0.2) is 12.1 Å². The van der Waals surface area contributed by atoms with Gasteiger partial charge in [-0.1, -0.05) is 0 Å². The zero-order chi connectivity index (χ0) is 8.27. The lowest BCUT2D eigenvalue weighted by molar-refractivity contribution is 0.397. The summed E-state index contributed by atoms with van der Waals surface area (Å²) < 4.78 is 4.93. The molecule has 3 N–H and O–H groups in total. The van der Waals surface area contributed by atoms with E-state index >= 15 is 0 Å². The fourth-order valence-corrected chi connectivity index (χ4v) is 0.826. The average Bonchev–Trinajstić information content (AvgIpc) is 2.03. The fourth-order valence-electron chi connectivity index (χ4n) is 0.826. The predicted molar refractivity (Wildman–Crippen MR) is 43.3 cm³/mol. The lowest BCUT2D eigenvalue weighted by Crippen LogP contribution is -2.07. The highest BCUT2D eigenvalue weighted by molar-refractivity contribution is 5.45. The molecular formula is C7H11N3O. The van der Waals surface area contributed by atoms with Gasteiger partial charge in [0.1, 0.15) is 0 Å². The Balaban J connectivity index is 3.02. The van der Waals surface area contributed by atoms with E-state index in [0.29, 0.717) is 5.88 Å². The second-order valence-electron chi connectivity index (χ2n) is 2.18. The van der Waals surface area contributed by atoms with Crippen molar-refractivity contribution in [3.8, 4) is 5.88 Å². The molecular weight excluding hydrogens is 142 g/mol. The molecule has 0 amide bonds. The number of anilines is 1. The summed E-state index contributed by atoms with van der Waals surface area (Å²) in [5.74, 6) is 5.78. The molecule has 0 unspecified atom stereocenters. The van der Waals surface area contributed by atoms with Crippen molar-refractivity contribution in [2.45, 2.75) is 6.92 Å². The molecule has 0 spiro atoms. The first kappa shape index (κ1) is 7.81. The number of nitrogens with two attached hydrogens (primary N) is 1. The second kappa shape index (κ2) is 3.21. The maximum absolute atomic E-state index is 5.21. The summed E-state index contributed by atoms with van der Waals surface area (Å²) >= 11 is 0. The molecule has 1 rings (SSSR count). The second-order valence-corrected chi connectivity index (χ2v) is 2.18. The highest BCUT2D eigenvalue weighted by Crippen LogP contribution is 2.14. The zero-order valence-electron chi connectivity index (χ0n) is 6.59. The average molecular weight is 153 g/mol. The number of nitrogens with zero attached hydrogens (tertiary/aromatic N) is 1. The van der Waals surface area contributed by atoms with Crippen LogP contribution in [0.5, 0.6) is 5.88 Å². The van der Waals surface area contributed by atoms with Crippen molar-refractivity contribution in [2.24, 2.45) is 5.84 Å². The normalized spacial score (nSPS) is 9.36. The van der Waals surface area contributed by atoms with Crippen LogP contribution in [0.2, 0.25) is 0 Å².